The molecule has 0 radical (unpaired) electrons. The molecule has 2 atom stereocenters. The zero-order valence-corrected chi connectivity index (χ0v) is 21.2. The second kappa shape index (κ2) is 11.4. The zero-order chi connectivity index (χ0) is 25.7. The third-order valence-corrected chi connectivity index (χ3v) is 6.76. The number of halogens is 1. The normalized spacial score (nSPS) is 17.9. The summed E-state index contributed by atoms with van der Waals surface area (Å²) in [6.45, 7) is 3.84. The number of hydrogen-bond acceptors (Lipinski definition) is 5. The quantitative estimate of drug-likeness (QED) is 0.456. The van der Waals surface area contributed by atoms with E-state index in [0.717, 1.165) is 23.4 Å². The summed E-state index contributed by atoms with van der Waals surface area (Å²) in [7, 11) is 4.80. The summed E-state index contributed by atoms with van der Waals surface area (Å²) >= 11 is 0. The minimum atomic E-state index is -0.258. The molecule has 1 aliphatic rings. The van der Waals surface area contributed by atoms with E-state index in [9.17, 15) is 9.18 Å². The van der Waals surface area contributed by atoms with Gasteiger partial charge in [0.2, 0.25) is 5.91 Å². The summed E-state index contributed by atoms with van der Waals surface area (Å²) in [5, 5.41) is 3.05. The number of hydrogen-bond donors (Lipinski definition) is 1. The van der Waals surface area contributed by atoms with Crippen LogP contribution in [0.4, 0.5) is 10.1 Å². The van der Waals surface area contributed by atoms with Crippen LogP contribution in [-0.2, 0) is 11.3 Å². The number of nitrogens with zero attached hydrogens (tertiary/aromatic N) is 1. The molecule has 6 nitrogen and oxygen atoms in total. The first kappa shape index (κ1) is 25.5. The minimum absolute atomic E-state index is 0.0716. The van der Waals surface area contributed by atoms with Gasteiger partial charge >= 0.3 is 0 Å². The van der Waals surface area contributed by atoms with E-state index in [1.165, 1.54) is 6.07 Å². The lowest BCUT2D eigenvalue weighted by molar-refractivity contribution is -0.121. The van der Waals surface area contributed by atoms with E-state index in [2.05, 4.69) is 16.3 Å². The lowest BCUT2D eigenvalue weighted by Gasteiger charge is -2.37. The van der Waals surface area contributed by atoms with Crippen LogP contribution in [0.5, 0.6) is 17.2 Å². The number of anilines is 1. The molecule has 1 N–H and O–H groups in total. The molecule has 3 aromatic rings. The van der Waals surface area contributed by atoms with Crippen molar-refractivity contribution in [1.82, 2.24) is 4.90 Å². The Morgan fingerprint density at radius 2 is 1.75 bits per heavy atom. The van der Waals surface area contributed by atoms with Crippen LogP contribution < -0.4 is 19.5 Å². The van der Waals surface area contributed by atoms with Crippen molar-refractivity contribution in [2.75, 3.05) is 39.7 Å². The summed E-state index contributed by atoms with van der Waals surface area (Å²) in [5.74, 6) is 1.54. The first-order chi connectivity index (χ1) is 17.4. The van der Waals surface area contributed by atoms with Crippen LogP contribution in [0.15, 0.2) is 60.7 Å². The number of likely N-dealkylation sites (tertiary alicyclic amines) is 1. The topological polar surface area (TPSA) is 60.0 Å². The summed E-state index contributed by atoms with van der Waals surface area (Å²) in [6.07, 6.45) is 0.671. The van der Waals surface area contributed by atoms with Gasteiger partial charge in [-0.3, -0.25) is 9.69 Å². The minimum Gasteiger partial charge on any atom is -0.497 e. The van der Waals surface area contributed by atoms with Crippen molar-refractivity contribution in [3.8, 4) is 17.2 Å². The van der Waals surface area contributed by atoms with Gasteiger partial charge in [-0.2, -0.15) is 0 Å². The van der Waals surface area contributed by atoms with Crippen molar-refractivity contribution in [1.29, 1.82) is 0 Å². The second-order valence-electron chi connectivity index (χ2n) is 9.24. The van der Waals surface area contributed by atoms with E-state index in [4.69, 9.17) is 14.2 Å². The molecule has 0 aromatic heterocycles. The maximum Gasteiger partial charge on any atom is 0.228 e. The highest BCUT2D eigenvalue weighted by Gasteiger charge is 2.33. The van der Waals surface area contributed by atoms with E-state index >= 15 is 0 Å². The Balaban J connectivity index is 1.58. The predicted octanol–water partition coefficient (Wildman–Crippen LogP) is 5.40. The largest absolute Gasteiger partial charge is 0.497 e. The Hall–Kier alpha value is -3.58. The second-order valence-corrected chi connectivity index (χ2v) is 9.24. The van der Waals surface area contributed by atoms with Gasteiger partial charge in [0.25, 0.3) is 0 Å². The monoisotopic (exact) mass is 492 g/mol. The standard InChI is InChI=1S/C29H33FN2O4/c1-19-12-21(8-10-26(19)30)22-14-23(18-32(17-22)16-20-6-5-7-24(13-20)34-2)29(33)31-27-11-9-25(35-3)15-28(27)36-4/h5-13,15,22-23H,14,16-18H2,1-4H3,(H,31,33)/t22-,23-/m0/s1. The first-order valence-electron chi connectivity index (χ1n) is 12.0. The van der Waals surface area contributed by atoms with Crippen molar-refractivity contribution < 1.29 is 23.4 Å². The van der Waals surface area contributed by atoms with E-state index in [1.807, 2.05) is 30.3 Å². The number of piperidine rings is 1. The van der Waals surface area contributed by atoms with Gasteiger partial charge in [0.15, 0.2) is 0 Å². The molecule has 1 saturated heterocycles. The molecule has 4 rings (SSSR count). The Kier molecular flexibility index (Phi) is 8.10. The maximum atomic E-state index is 14.0. The number of aryl methyl sites for hydroxylation is 1. The van der Waals surface area contributed by atoms with Gasteiger partial charge in [0, 0.05) is 25.7 Å². The van der Waals surface area contributed by atoms with Crippen LogP contribution in [0, 0.1) is 18.7 Å². The predicted molar refractivity (Wildman–Crippen MR) is 138 cm³/mol. The smallest absolute Gasteiger partial charge is 0.228 e. The fourth-order valence-corrected chi connectivity index (χ4v) is 4.84. The molecule has 1 aliphatic heterocycles. The SMILES string of the molecule is COc1cccc(CN2C[C@@H](C(=O)Nc3ccc(OC)cc3OC)C[C@H](c3ccc(F)c(C)c3)C2)c1. The summed E-state index contributed by atoms with van der Waals surface area (Å²) in [6, 6.07) is 18.5. The number of amides is 1. The molecule has 0 unspecified atom stereocenters. The van der Waals surface area contributed by atoms with Crippen molar-refractivity contribution in [3.63, 3.8) is 0 Å². The number of carbonyl (C=O) groups is 1. The van der Waals surface area contributed by atoms with Crippen LogP contribution in [0.2, 0.25) is 0 Å². The number of rotatable bonds is 8. The summed E-state index contributed by atoms with van der Waals surface area (Å²) in [4.78, 5) is 15.8. The van der Waals surface area contributed by atoms with Crippen LogP contribution in [-0.4, -0.2) is 45.2 Å². The third kappa shape index (κ3) is 5.97. The number of ether oxygens (including phenoxy) is 3. The van der Waals surface area contributed by atoms with Crippen LogP contribution in [0.1, 0.15) is 29.0 Å². The number of benzene rings is 3. The Morgan fingerprint density at radius 3 is 2.47 bits per heavy atom. The molecule has 0 bridgehead atoms. The molecular weight excluding hydrogens is 459 g/mol. The summed E-state index contributed by atoms with van der Waals surface area (Å²) < 4.78 is 30.1. The van der Waals surface area contributed by atoms with Gasteiger partial charge in [-0.25, -0.2) is 4.39 Å². The van der Waals surface area contributed by atoms with Crippen molar-refractivity contribution >= 4 is 11.6 Å². The fraction of sp³-hybridized carbons (Fsp3) is 0.345. The van der Waals surface area contributed by atoms with Crippen molar-refractivity contribution in [2.24, 2.45) is 5.92 Å². The van der Waals surface area contributed by atoms with Crippen LogP contribution >= 0.6 is 0 Å². The van der Waals surface area contributed by atoms with Gasteiger partial charge < -0.3 is 19.5 Å². The van der Waals surface area contributed by atoms with E-state index in [1.54, 1.807) is 46.5 Å². The molecule has 1 amide bonds. The van der Waals surface area contributed by atoms with Crippen molar-refractivity contribution in [2.45, 2.75) is 25.8 Å². The average Bonchev–Trinajstić information content (AvgIpc) is 2.90. The maximum absolute atomic E-state index is 14.0. The van der Waals surface area contributed by atoms with E-state index < -0.39 is 0 Å². The van der Waals surface area contributed by atoms with Crippen LogP contribution in [0.25, 0.3) is 0 Å². The molecule has 36 heavy (non-hydrogen) atoms. The highest BCUT2D eigenvalue weighted by Crippen LogP contribution is 2.34. The van der Waals surface area contributed by atoms with Crippen molar-refractivity contribution in [3.05, 3.63) is 83.2 Å². The van der Waals surface area contributed by atoms with Gasteiger partial charge in [-0.05, 0) is 66.3 Å². The third-order valence-electron chi connectivity index (χ3n) is 6.76. The molecule has 7 heteroatoms. The zero-order valence-electron chi connectivity index (χ0n) is 21.2. The molecule has 1 heterocycles. The molecule has 0 aliphatic carbocycles. The fourth-order valence-electron chi connectivity index (χ4n) is 4.84. The Labute approximate surface area is 212 Å². The molecule has 190 valence electrons. The van der Waals surface area contributed by atoms with Gasteiger partial charge in [-0.15, -0.1) is 0 Å². The average molecular weight is 493 g/mol. The molecule has 3 aromatic carbocycles. The van der Waals surface area contributed by atoms with Gasteiger partial charge in [-0.1, -0.05) is 24.3 Å². The van der Waals surface area contributed by atoms with Gasteiger partial charge in [0.1, 0.15) is 23.1 Å². The van der Waals surface area contributed by atoms with Crippen LogP contribution in [0.3, 0.4) is 0 Å². The number of carbonyl (C=O) groups excluding carboxylic acids is 1. The van der Waals surface area contributed by atoms with E-state index in [-0.39, 0.29) is 23.6 Å². The first-order valence-corrected chi connectivity index (χ1v) is 12.0. The lowest BCUT2D eigenvalue weighted by atomic mass is 9.83. The highest BCUT2D eigenvalue weighted by atomic mass is 19.1. The lowest BCUT2D eigenvalue weighted by Crippen LogP contribution is -2.43. The Morgan fingerprint density at radius 1 is 0.972 bits per heavy atom. The molecule has 0 saturated carbocycles. The summed E-state index contributed by atoms with van der Waals surface area (Å²) in [5.41, 5.74) is 3.37. The molecule has 1 fully saturated rings. The Bertz CT molecular complexity index is 1220. The van der Waals surface area contributed by atoms with E-state index in [0.29, 0.717) is 42.3 Å². The number of nitrogens with one attached hydrogen (secondary N) is 1. The highest BCUT2D eigenvalue weighted by molar-refractivity contribution is 5.94. The van der Waals surface area contributed by atoms with Gasteiger partial charge in [0.05, 0.1) is 32.9 Å². The molecule has 0 spiro atoms. The number of methoxy groups -OCH3 is 3. The molecular formula is C29H33FN2O4.